The summed E-state index contributed by atoms with van der Waals surface area (Å²) >= 11 is 0. The summed E-state index contributed by atoms with van der Waals surface area (Å²) in [5.41, 5.74) is 2.95. The Morgan fingerprint density at radius 1 is 1.11 bits per heavy atom. The van der Waals surface area contributed by atoms with E-state index in [9.17, 15) is 9.18 Å². The fourth-order valence-electron chi connectivity index (χ4n) is 4.43. The average Bonchev–Trinajstić information content (AvgIpc) is 2.69. The SMILES string of the molecule is Cc1cnc(CN2CC3(CCC2=O)CCN(Cc2cccc(F)c2)CC3)cn1. The molecule has 148 valence electrons. The second-order valence-corrected chi connectivity index (χ2v) is 8.30. The topological polar surface area (TPSA) is 49.3 Å². The number of amides is 1. The van der Waals surface area contributed by atoms with Crippen LogP contribution in [0.5, 0.6) is 0 Å². The number of aromatic nitrogens is 2. The molecule has 0 atom stereocenters. The molecule has 1 spiro atoms. The molecule has 0 unspecified atom stereocenters. The van der Waals surface area contributed by atoms with Gasteiger partial charge in [-0.25, -0.2) is 4.39 Å². The molecule has 2 aliphatic rings. The molecule has 3 heterocycles. The van der Waals surface area contributed by atoms with Crippen molar-refractivity contribution < 1.29 is 9.18 Å². The highest BCUT2D eigenvalue weighted by Gasteiger charge is 2.40. The van der Waals surface area contributed by atoms with Crippen LogP contribution in [0.2, 0.25) is 0 Å². The number of nitrogens with zero attached hydrogens (tertiary/aromatic N) is 4. The van der Waals surface area contributed by atoms with Gasteiger partial charge < -0.3 is 4.90 Å². The van der Waals surface area contributed by atoms with Crippen LogP contribution < -0.4 is 0 Å². The molecule has 2 aliphatic heterocycles. The normalized spacial score (nSPS) is 19.9. The summed E-state index contributed by atoms with van der Waals surface area (Å²) < 4.78 is 13.4. The van der Waals surface area contributed by atoms with E-state index in [2.05, 4.69) is 14.9 Å². The molecule has 1 aromatic heterocycles. The molecule has 2 fully saturated rings. The Hall–Kier alpha value is -2.34. The Morgan fingerprint density at radius 2 is 1.93 bits per heavy atom. The van der Waals surface area contributed by atoms with Gasteiger partial charge in [-0.1, -0.05) is 12.1 Å². The van der Waals surface area contributed by atoms with Crippen LogP contribution >= 0.6 is 0 Å². The minimum atomic E-state index is -0.174. The number of rotatable bonds is 4. The second kappa shape index (κ2) is 7.95. The van der Waals surface area contributed by atoms with Gasteiger partial charge in [0.2, 0.25) is 5.91 Å². The van der Waals surface area contributed by atoms with E-state index >= 15 is 0 Å². The number of benzene rings is 1. The van der Waals surface area contributed by atoms with Crippen molar-refractivity contribution in [1.29, 1.82) is 0 Å². The first-order valence-corrected chi connectivity index (χ1v) is 10.0. The first-order chi connectivity index (χ1) is 13.5. The number of carbonyl (C=O) groups is 1. The molecule has 5 nitrogen and oxygen atoms in total. The molecule has 1 aromatic carbocycles. The van der Waals surface area contributed by atoms with Gasteiger partial charge in [-0.15, -0.1) is 0 Å². The Bertz CT molecular complexity index is 831. The van der Waals surface area contributed by atoms with Crippen molar-refractivity contribution in [3.8, 4) is 0 Å². The average molecular weight is 382 g/mol. The third kappa shape index (κ3) is 4.38. The van der Waals surface area contributed by atoms with Gasteiger partial charge in [0, 0.05) is 25.7 Å². The summed E-state index contributed by atoms with van der Waals surface area (Å²) in [7, 11) is 0. The van der Waals surface area contributed by atoms with Gasteiger partial charge in [0.05, 0.1) is 24.1 Å². The van der Waals surface area contributed by atoms with Crippen molar-refractivity contribution in [2.75, 3.05) is 19.6 Å². The van der Waals surface area contributed by atoms with Crippen LogP contribution in [-0.2, 0) is 17.9 Å². The molecular formula is C22H27FN4O. The smallest absolute Gasteiger partial charge is 0.222 e. The predicted octanol–water partition coefficient (Wildman–Crippen LogP) is 3.33. The van der Waals surface area contributed by atoms with Gasteiger partial charge in [0.1, 0.15) is 5.82 Å². The summed E-state index contributed by atoms with van der Waals surface area (Å²) in [5, 5.41) is 0. The molecular weight excluding hydrogens is 355 g/mol. The minimum absolute atomic E-state index is 0.174. The largest absolute Gasteiger partial charge is 0.336 e. The van der Waals surface area contributed by atoms with Gasteiger partial charge in [-0.2, -0.15) is 0 Å². The van der Waals surface area contributed by atoms with Crippen molar-refractivity contribution in [3.63, 3.8) is 0 Å². The van der Waals surface area contributed by atoms with Crippen LogP contribution in [0.4, 0.5) is 4.39 Å². The van der Waals surface area contributed by atoms with Gasteiger partial charge in [0.25, 0.3) is 0 Å². The lowest BCUT2D eigenvalue weighted by molar-refractivity contribution is -0.140. The van der Waals surface area contributed by atoms with E-state index in [0.717, 1.165) is 62.4 Å². The van der Waals surface area contributed by atoms with E-state index in [1.165, 1.54) is 6.07 Å². The van der Waals surface area contributed by atoms with Crippen LogP contribution in [0.1, 0.15) is 42.6 Å². The standard InChI is InChI=1S/C22H27FN4O/c1-17-12-25-20(13-24-17)15-27-16-22(6-5-21(27)28)7-9-26(10-8-22)14-18-3-2-4-19(23)11-18/h2-4,11-13H,5-10,14-16H2,1H3. The van der Waals surface area contributed by atoms with Gasteiger partial charge in [-0.05, 0) is 62.4 Å². The summed E-state index contributed by atoms with van der Waals surface area (Å²) in [6, 6.07) is 6.86. The zero-order chi connectivity index (χ0) is 19.6. The summed E-state index contributed by atoms with van der Waals surface area (Å²) in [6.07, 6.45) is 7.26. The fraction of sp³-hybridized carbons (Fsp3) is 0.500. The molecule has 2 aromatic rings. The number of hydrogen-bond donors (Lipinski definition) is 0. The molecule has 0 aliphatic carbocycles. The van der Waals surface area contributed by atoms with Crippen LogP contribution in [0.15, 0.2) is 36.7 Å². The maximum absolute atomic E-state index is 13.4. The molecule has 28 heavy (non-hydrogen) atoms. The molecule has 1 amide bonds. The van der Waals surface area contributed by atoms with E-state index in [-0.39, 0.29) is 17.1 Å². The monoisotopic (exact) mass is 382 g/mol. The van der Waals surface area contributed by atoms with E-state index < -0.39 is 0 Å². The highest BCUT2D eigenvalue weighted by molar-refractivity contribution is 5.77. The number of carbonyl (C=O) groups excluding carboxylic acids is 1. The second-order valence-electron chi connectivity index (χ2n) is 8.30. The Balaban J connectivity index is 1.36. The lowest BCUT2D eigenvalue weighted by atomic mass is 9.72. The number of likely N-dealkylation sites (tertiary alicyclic amines) is 2. The summed E-state index contributed by atoms with van der Waals surface area (Å²) in [4.78, 5) is 25.5. The van der Waals surface area contributed by atoms with Crippen molar-refractivity contribution >= 4 is 5.91 Å². The number of hydrogen-bond acceptors (Lipinski definition) is 4. The van der Waals surface area contributed by atoms with Crippen molar-refractivity contribution in [1.82, 2.24) is 19.8 Å². The first kappa shape index (κ1) is 19.0. The quantitative estimate of drug-likeness (QED) is 0.814. The van der Waals surface area contributed by atoms with E-state index in [0.29, 0.717) is 13.0 Å². The first-order valence-electron chi connectivity index (χ1n) is 10.0. The molecule has 2 saturated heterocycles. The third-order valence-corrected chi connectivity index (χ3v) is 6.15. The molecule has 6 heteroatoms. The maximum Gasteiger partial charge on any atom is 0.222 e. The van der Waals surface area contributed by atoms with E-state index in [1.807, 2.05) is 17.9 Å². The van der Waals surface area contributed by atoms with Gasteiger partial charge >= 0.3 is 0 Å². The zero-order valence-electron chi connectivity index (χ0n) is 16.4. The van der Waals surface area contributed by atoms with E-state index in [1.54, 1.807) is 24.5 Å². The number of piperidine rings is 2. The van der Waals surface area contributed by atoms with Crippen molar-refractivity contribution in [2.45, 2.75) is 45.7 Å². The van der Waals surface area contributed by atoms with Crippen LogP contribution in [0.3, 0.4) is 0 Å². The highest BCUT2D eigenvalue weighted by Crippen LogP contribution is 2.40. The molecule has 0 saturated carbocycles. The van der Waals surface area contributed by atoms with Crippen LogP contribution in [0, 0.1) is 18.2 Å². The minimum Gasteiger partial charge on any atom is -0.336 e. The molecule has 4 rings (SSSR count). The van der Waals surface area contributed by atoms with Gasteiger partial charge in [-0.3, -0.25) is 19.7 Å². The molecule has 0 bridgehead atoms. The Labute approximate surface area is 165 Å². The third-order valence-electron chi connectivity index (χ3n) is 6.15. The lowest BCUT2D eigenvalue weighted by Gasteiger charge is -2.47. The predicted molar refractivity (Wildman–Crippen MR) is 105 cm³/mol. The van der Waals surface area contributed by atoms with Crippen molar-refractivity contribution in [2.24, 2.45) is 5.41 Å². The van der Waals surface area contributed by atoms with Crippen LogP contribution in [-0.4, -0.2) is 45.3 Å². The number of halogens is 1. The van der Waals surface area contributed by atoms with Gasteiger partial charge in [0.15, 0.2) is 0 Å². The Morgan fingerprint density at radius 3 is 2.64 bits per heavy atom. The molecule has 0 N–H and O–H groups in total. The fourth-order valence-corrected chi connectivity index (χ4v) is 4.43. The maximum atomic E-state index is 13.4. The van der Waals surface area contributed by atoms with Crippen LogP contribution in [0.25, 0.3) is 0 Å². The lowest BCUT2D eigenvalue weighted by Crippen LogP contribution is -2.51. The highest BCUT2D eigenvalue weighted by atomic mass is 19.1. The molecule has 0 radical (unpaired) electrons. The van der Waals surface area contributed by atoms with E-state index in [4.69, 9.17) is 0 Å². The zero-order valence-corrected chi connectivity index (χ0v) is 16.4. The summed E-state index contributed by atoms with van der Waals surface area (Å²) in [5.74, 6) is 0.0433. The van der Waals surface area contributed by atoms with Crippen molar-refractivity contribution in [3.05, 3.63) is 59.4 Å². The Kier molecular flexibility index (Phi) is 5.40. The number of aryl methyl sites for hydroxylation is 1. The summed E-state index contributed by atoms with van der Waals surface area (Å²) in [6.45, 7) is 6.02.